The summed E-state index contributed by atoms with van der Waals surface area (Å²) in [5.41, 5.74) is 2.11. The van der Waals surface area contributed by atoms with Crippen molar-refractivity contribution in [2.24, 2.45) is 5.10 Å². The smallest absolute Gasteiger partial charge is 0.258 e. The number of carbonyl (C=O) groups is 2. The average Bonchev–Trinajstić information content (AvgIpc) is 3.83. The summed E-state index contributed by atoms with van der Waals surface area (Å²) in [5.74, 6) is -0.496. The lowest BCUT2D eigenvalue weighted by Crippen LogP contribution is -2.29. The van der Waals surface area contributed by atoms with Gasteiger partial charge in [0.05, 0.1) is 28.9 Å². The standard InChI is InChI=1S/C32H26F2N6O3S2/c33-22-10-8-21(9-11-22)27-17-26(28-7-4-16-44-28)38-40(27)31(42)20-45-32-37-36-29(39(32)24-14-12-23(34)13-15-24)18-35-30(41)19-43-25-5-2-1-3-6-25/h1-16,27H,17-20H2,(H,35,41)/t27-/m0/s1. The number of hydrogen-bond donors (Lipinski definition) is 1. The molecule has 3 aromatic carbocycles. The molecule has 0 bridgehead atoms. The number of halogens is 2. The zero-order chi connectivity index (χ0) is 31.2. The summed E-state index contributed by atoms with van der Waals surface area (Å²) in [5, 5.41) is 19.7. The Bertz CT molecular complexity index is 1800. The topological polar surface area (TPSA) is 102 Å². The number of ether oxygens (including phenoxy) is 1. The van der Waals surface area contributed by atoms with Crippen LogP contribution in [0.25, 0.3) is 5.69 Å². The first kappa shape index (κ1) is 30.2. The minimum Gasteiger partial charge on any atom is -0.484 e. The highest BCUT2D eigenvalue weighted by Gasteiger charge is 2.33. The molecule has 3 heterocycles. The number of hydrogen-bond acceptors (Lipinski definition) is 8. The van der Waals surface area contributed by atoms with E-state index in [4.69, 9.17) is 4.74 Å². The highest BCUT2D eigenvalue weighted by molar-refractivity contribution is 7.99. The summed E-state index contributed by atoms with van der Waals surface area (Å²) in [4.78, 5) is 27.1. The maximum atomic E-state index is 13.8. The molecule has 228 valence electrons. The van der Waals surface area contributed by atoms with Gasteiger partial charge in [-0.1, -0.05) is 48.2 Å². The first-order valence-electron chi connectivity index (χ1n) is 13.9. The maximum Gasteiger partial charge on any atom is 0.258 e. The van der Waals surface area contributed by atoms with Crippen LogP contribution in [0, 0.1) is 11.6 Å². The van der Waals surface area contributed by atoms with Crippen LogP contribution in [0.1, 0.15) is 28.7 Å². The SMILES string of the molecule is O=C(COc1ccccc1)NCc1nnc(SCC(=O)N2N=C(c3cccs3)C[C@H]2c2ccc(F)cc2)n1-c1ccc(F)cc1. The normalized spacial score (nSPS) is 14.3. The fourth-order valence-corrected chi connectivity index (χ4v) is 6.27. The van der Waals surface area contributed by atoms with Crippen LogP contribution in [0.3, 0.4) is 0 Å². The van der Waals surface area contributed by atoms with E-state index in [0.29, 0.717) is 28.8 Å². The molecule has 0 unspecified atom stereocenters. The summed E-state index contributed by atoms with van der Waals surface area (Å²) in [6, 6.07) is 24.3. The molecule has 2 amide bonds. The molecule has 0 fully saturated rings. The number of rotatable bonds is 11. The molecule has 1 atom stereocenters. The maximum absolute atomic E-state index is 13.8. The zero-order valence-corrected chi connectivity index (χ0v) is 25.3. The molecule has 5 aromatic rings. The van der Waals surface area contributed by atoms with Gasteiger partial charge in [0.2, 0.25) is 0 Å². The predicted octanol–water partition coefficient (Wildman–Crippen LogP) is 5.77. The Morgan fingerprint density at radius 1 is 0.933 bits per heavy atom. The van der Waals surface area contributed by atoms with E-state index >= 15 is 0 Å². The van der Waals surface area contributed by atoms with E-state index in [1.54, 1.807) is 41.0 Å². The van der Waals surface area contributed by atoms with Crippen LogP contribution in [-0.4, -0.2) is 49.7 Å². The third-order valence-corrected chi connectivity index (χ3v) is 8.73. The van der Waals surface area contributed by atoms with Crippen molar-refractivity contribution < 1.29 is 23.1 Å². The number of aromatic nitrogens is 3. The lowest BCUT2D eigenvalue weighted by Gasteiger charge is -2.22. The number of nitrogens with one attached hydrogen (secondary N) is 1. The lowest BCUT2D eigenvalue weighted by molar-refractivity contribution is -0.130. The van der Waals surface area contributed by atoms with Gasteiger partial charge >= 0.3 is 0 Å². The molecule has 9 nitrogen and oxygen atoms in total. The van der Waals surface area contributed by atoms with Crippen molar-refractivity contribution in [2.45, 2.75) is 24.2 Å². The van der Waals surface area contributed by atoms with Crippen LogP contribution in [0.4, 0.5) is 8.78 Å². The van der Waals surface area contributed by atoms with Gasteiger partial charge < -0.3 is 10.1 Å². The Balaban J connectivity index is 1.18. The minimum atomic E-state index is -0.413. The van der Waals surface area contributed by atoms with Gasteiger partial charge in [-0.3, -0.25) is 14.2 Å². The molecule has 0 saturated heterocycles. The number of thiophene rings is 1. The van der Waals surface area contributed by atoms with E-state index in [2.05, 4.69) is 20.6 Å². The lowest BCUT2D eigenvalue weighted by atomic mass is 10.0. The van der Waals surface area contributed by atoms with Crippen LogP contribution < -0.4 is 10.1 Å². The molecular formula is C32H26F2N6O3S2. The van der Waals surface area contributed by atoms with Crippen LogP contribution in [-0.2, 0) is 16.1 Å². The van der Waals surface area contributed by atoms with E-state index in [0.717, 1.165) is 27.9 Å². The number of benzene rings is 3. The van der Waals surface area contributed by atoms with Crippen molar-refractivity contribution in [3.05, 3.63) is 124 Å². The summed E-state index contributed by atoms with van der Waals surface area (Å²) in [6.45, 7) is -0.174. The van der Waals surface area contributed by atoms with Crippen molar-refractivity contribution >= 4 is 40.6 Å². The van der Waals surface area contributed by atoms with Crippen LogP contribution in [0.15, 0.2) is 107 Å². The number of amides is 2. The number of carbonyl (C=O) groups excluding carboxylic acids is 2. The van der Waals surface area contributed by atoms with E-state index in [-0.39, 0.29) is 36.5 Å². The second kappa shape index (κ2) is 13.8. The molecule has 13 heteroatoms. The fraction of sp³-hybridized carbons (Fsp3) is 0.156. The fourth-order valence-electron chi connectivity index (χ4n) is 4.72. The van der Waals surface area contributed by atoms with Crippen molar-refractivity contribution in [3.8, 4) is 11.4 Å². The molecule has 0 spiro atoms. The number of para-hydroxylation sites is 1. The van der Waals surface area contributed by atoms with Crippen LogP contribution in [0.5, 0.6) is 5.75 Å². The van der Waals surface area contributed by atoms with Crippen molar-refractivity contribution in [1.29, 1.82) is 0 Å². The van der Waals surface area contributed by atoms with E-state index in [9.17, 15) is 18.4 Å². The van der Waals surface area contributed by atoms with Crippen LogP contribution in [0.2, 0.25) is 0 Å². The molecular weight excluding hydrogens is 619 g/mol. The molecule has 1 aliphatic rings. The molecule has 0 radical (unpaired) electrons. The summed E-state index contributed by atoms with van der Waals surface area (Å²) in [6.07, 6.45) is 0.492. The molecule has 1 N–H and O–H groups in total. The van der Waals surface area contributed by atoms with Gasteiger partial charge in [-0.2, -0.15) is 5.10 Å². The molecule has 0 aliphatic carbocycles. The number of thioether (sulfide) groups is 1. The Labute approximate surface area is 265 Å². The van der Waals surface area contributed by atoms with Gasteiger partial charge in [0.15, 0.2) is 17.6 Å². The van der Waals surface area contributed by atoms with Gasteiger partial charge in [0.1, 0.15) is 17.4 Å². The van der Waals surface area contributed by atoms with Crippen molar-refractivity contribution in [1.82, 2.24) is 25.1 Å². The summed E-state index contributed by atoms with van der Waals surface area (Å²) in [7, 11) is 0. The largest absolute Gasteiger partial charge is 0.484 e. The zero-order valence-electron chi connectivity index (χ0n) is 23.7. The van der Waals surface area contributed by atoms with E-state index in [1.807, 2.05) is 35.7 Å². The van der Waals surface area contributed by atoms with E-state index < -0.39 is 11.9 Å². The number of hydrazone groups is 1. The van der Waals surface area contributed by atoms with Crippen molar-refractivity contribution in [3.63, 3.8) is 0 Å². The highest BCUT2D eigenvalue weighted by Crippen LogP contribution is 2.35. The van der Waals surface area contributed by atoms with E-state index in [1.165, 1.54) is 40.6 Å². The minimum absolute atomic E-state index is 0.0170. The van der Waals surface area contributed by atoms with Gasteiger partial charge in [0, 0.05) is 12.1 Å². The Hall–Kier alpha value is -4.88. The third-order valence-electron chi connectivity index (χ3n) is 6.89. The first-order chi connectivity index (χ1) is 21.9. The molecule has 2 aromatic heterocycles. The Morgan fingerprint density at radius 3 is 2.38 bits per heavy atom. The summed E-state index contributed by atoms with van der Waals surface area (Å²) >= 11 is 2.68. The average molecular weight is 645 g/mol. The molecule has 0 saturated carbocycles. The monoisotopic (exact) mass is 644 g/mol. The van der Waals surface area contributed by atoms with Gasteiger partial charge in [-0.05, 0) is 65.5 Å². The second-order valence-electron chi connectivity index (χ2n) is 9.91. The second-order valence-corrected chi connectivity index (χ2v) is 11.8. The molecule has 1 aliphatic heterocycles. The van der Waals surface area contributed by atoms with Crippen LogP contribution >= 0.6 is 23.1 Å². The third kappa shape index (κ3) is 7.27. The van der Waals surface area contributed by atoms with Gasteiger partial charge in [-0.15, -0.1) is 21.5 Å². The van der Waals surface area contributed by atoms with Gasteiger partial charge in [0.25, 0.3) is 11.8 Å². The molecule has 6 rings (SSSR count). The first-order valence-corrected chi connectivity index (χ1v) is 15.8. The highest BCUT2D eigenvalue weighted by atomic mass is 32.2. The number of nitrogens with zero attached hydrogens (tertiary/aromatic N) is 5. The van der Waals surface area contributed by atoms with Crippen molar-refractivity contribution in [2.75, 3.05) is 12.4 Å². The van der Waals surface area contributed by atoms with Gasteiger partial charge in [-0.25, -0.2) is 13.8 Å². The Morgan fingerprint density at radius 2 is 1.67 bits per heavy atom. The quantitative estimate of drug-likeness (QED) is 0.183. The Kier molecular flexibility index (Phi) is 9.27. The molecule has 45 heavy (non-hydrogen) atoms. The summed E-state index contributed by atoms with van der Waals surface area (Å²) < 4.78 is 34.6. The predicted molar refractivity (Wildman–Crippen MR) is 167 cm³/mol.